The molecule has 0 saturated carbocycles. The van der Waals surface area contributed by atoms with Crippen molar-refractivity contribution >= 4 is 43.9 Å². The molecule has 0 fully saturated rings. The van der Waals surface area contributed by atoms with Crippen molar-refractivity contribution in [3.05, 3.63) is 0 Å². The van der Waals surface area contributed by atoms with E-state index in [1.807, 2.05) is 0 Å². The molecule has 0 amide bonds. The summed E-state index contributed by atoms with van der Waals surface area (Å²) in [4.78, 5) is 0. The second kappa shape index (κ2) is 36.9. The molecule has 43 heavy (non-hydrogen) atoms. The first-order chi connectivity index (χ1) is 20.1. The van der Waals surface area contributed by atoms with Gasteiger partial charge in [-0.1, -0.05) is 142 Å². The number of hydrogen-bond donors (Lipinski definition) is 0. The summed E-state index contributed by atoms with van der Waals surface area (Å²) < 4.78 is 79.2. The predicted molar refractivity (Wildman–Crippen MR) is 172 cm³/mol. The van der Waals surface area contributed by atoms with Crippen LogP contribution in [-0.2, 0) is 38.6 Å². The summed E-state index contributed by atoms with van der Waals surface area (Å²) in [6.45, 7) is 5.59. The van der Waals surface area contributed by atoms with Crippen molar-refractivity contribution in [3.63, 3.8) is 0 Å². The molecule has 0 rings (SSSR count). The van der Waals surface area contributed by atoms with E-state index in [0.717, 1.165) is 25.7 Å². The second-order valence-electron chi connectivity index (χ2n) is 10.8. The van der Waals surface area contributed by atoms with Crippen molar-refractivity contribution in [1.82, 2.24) is 0 Å². The van der Waals surface area contributed by atoms with Crippen LogP contribution in [0.25, 0.3) is 0 Å². The van der Waals surface area contributed by atoms with Crippen LogP contribution < -0.4 is 0 Å². The first-order valence-electron chi connectivity index (χ1n) is 16.5. The third kappa shape index (κ3) is 52.3. The van der Waals surface area contributed by atoms with Crippen LogP contribution in [0.15, 0.2) is 0 Å². The van der Waals surface area contributed by atoms with Gasteiger partial charge in [-0.3, -0.25) is 8.37 Å². The van der Waals surface area contributed by atoms with Gasteiger partial charge in [-0.15, -0.1) is 0 Å². The third-order valence-electron chi connectivity index (χ3n) is 6.70. The van der Waals surface area contributed by atoms with Gasteiger partial charge < -0.3 is 18.6 Å². The van der Waals surface area contributed by atoms with Crippen LogP contribution in [0.3, 0.4) is 0 Å². The number of hydrogen-bond acceptors (Lipinski definition) is 10. The van der Waals surface area contributed by atoms with Gasteiger partial charge in [-0.25, -0.2) is 16.8 Å². The Morgan fingerprint density at radius 3 is 0.837 bits per heavy atom. The molecule has 0 saturated heterocycles. The molecule has 0 radical (unpaired) electrons. The van der Waals surface area contributed by atoms with Crippen molar-refractivity contribution in [2.24, 2.45) is 0 Å². The van der Waals surface area contributed by atoms with Crippen LogP contribution in [0.2, 0.25) is 0 Å². The molecule has 0 unspecified atom stereocenters. The van der Waals surface area contributed by atoms with Crippen LogP contribution in [-0.4, -0.2) is 88.6 Å². The minimum Gasteiger partial charge on any atom is -0.726 e. The van der Waals surface area contributed by atoms with Crippen molar-refractivity contribution < 1.29 is 43.8 Å². The predicted octanol–water partition coefficient (Wildman–Crippen LogP) is 7.20. The van der Waals surface area contributed by atoms with Crippen LogP contribution in [0.4, 0.5) is 0 Å². The molecule has 0 bridgehead atoms. The minimum absolute atomic E-state index is 0. The van der Waals surface area contributed by atoms with E-state index >= 15 is 0 Å². The normalized spacial score (nSPS) is 11.6. The van der Waals surface area contributed by atoms with Crippen LogP contribution in [0, 0.1) is 0 Å². The summed E-state index contributed by atoms with van der Waals surface area (Å²) in [7, 11) is -9.14. The summed E-state index contributed by atoms with van der Waals surface area (Å²) in [6.07, 6.45) is 28.2. The Morgan fingerprint density at radius 1 is 0.372 bits per heavy atom. The molecule has 0 aliphatic carbocycles. The van der Waals surface area contributed by atoms with Gasteiger partial charge in [0, 0.05) is 13.2 Å². The molecule has 0 aromatic rings. The zero-order valence-electron chi connectivity index (χ0n) is 27.4. The fraction of sp³-hybridized carbons (Fsp3) is 1.00. The van der Waals surface area contributed by atoms with Crippen molar-refractivity contribution in [1.29, 1.82) is 0 Å². The summed E-state index contributed by atoms with van der Waals surface area (Å²) in [5, 5.41) is 0. The van der Waals surface area contributed by atoms with E-state index in [1.165, 1.54) is 116 Å². The standard InChI is InChI=1S/C16H34O5S.C14H30O5S.Mg/c1-2-3-4-5-6-7-8-9-10-11-12-13-14-20-15-16-21-22(17,18)19;1-2-3-4-5-6-7-8-9-10-11-12-18-13-14-19-20(15,16)17;/h2-16H2,1H3,(H,17,18,19);2-14H2,1H3,(H,15,16,17);/q;;+2/p-2. The molecular formula is C30H62MgO10S2. The van der Waals surface area contributed by atoms with Crippen molar-refractivity contribution in [2.75, 3.05) is 39.6 Å². The second-order valence-corrected chi connectivity index (χ2v) is 12.9. The first kappa shape index (κ1) is 47.8. The van der Waals surface area contributed by atoms with Gasteiger partial charge in [0.2, 0.25) is 20.8 Å². The fourth-order valence-corrected chi connectivity index (χ4v) is 4.88. The molecule has 0 atom stereocenters. The summed E-state index contributed by atoms with van der Waals surface area (Å²) in [5.74, 6) is 0. The average molecular weight is 671 g/mol. The maximum absolute atomic E-state index is 10.1. The molecule has 0 aliphatic rings. The SMILES string of the molecule is CCCCCCCCCCCCCCOCCOS(=O)(=O)[O-].CCCCCCCCCCCCOCCOS(=O)(=O)[O-].[Mg+2]. The third-order valence-corrected chi connectivity index (χ3v) is 7.61. The van der Waals surface area contributed by atoms with E-state index in [2.05, 4.69) is 22.2 Å². The molecular weight excluding hydrogens is 609 g/mol. The van der Waals surface area contributed by atoms with Gasteiger partial charge in [-0.2, -0.15) is 0 Å². The minimum atomic E-state index is -4.57. The number of ether oxygens (including phenoxy) is 2. The molecule has 0 spiro atoms. The molecule has 10 nitrogen and oxygen atoms in total. The fourth-order valence-electron chi connectivity index (χ4n) is 4.33. The smallest absolute Gasteiger partial charge is 0.726 e. The van der Waals surface area contributed by atoms with Gasteiger partial charge >= 0.3 is 23.1 Å². The monoisotopic (exact) mass is 670 g/mol. The molecule has 0 aromatic carbocycles. The van der Waals surface area contributed by atoms with Crippen LogP contribution in [0.5, 0.6) is 0 Å². The molecule has 0 aromatic heterocycles. The Morgan fingerprint density at radius 2 is 0.605 bits per heavy atom. The van der Waals surface area contributed by atoms with E-state index in [1.54, 1.807) is 0 Å². The van der Waals surface area contributed by atoms with Gasteiger partial charge in [0.15, 0.2) is 0 Å². The van der Waals surface area contributed by atoms with E-state index in [9.17, 15) is 25.9 Å². The molecule has 13 heteroatoms. The number of rotatable bonds is 32. The average Bonchev–Trinajstić information content (AvgIpc) is 2.92. The van der Waals surface area contributed by atoms with E-state index in [4.69, 9.17) is 9.47 Å². The Bertz CT molecular complexity index is 737. The van der Waals surface area contributed by atoms with Crippen molar-refractivity contribution in [3.8, 4) is 0 Å². The Balaban J connectivity index is -0.000000730. The first-order valence-corrected chi connectivity index (χ1v) is 19.1. The zero-order valence-corrected chi connectivity index (χ0v) is 30.5. The summed E-state index contributed by atoms with van der Waals surface area (Å²) in [5.41, 5.74) is 0. The summed E-state index contributed by atoms with van der Waals surface area (Å²) >= 11 is 0. The van der Waals surface area contributed by atoms with Crippen LogP contribution in [0.1, 0.15) is 155 Å². The zero-order chi connectivity index (χ0) is 31.6. The van der Waals surface area contributed by atoms with Gasteiger partial charge in [-0.05, 0) is 12.8 Å². The summed E-state index contributed by atoms with van der Waals surface area (Å²) in [6, 6.07) is 0. The Kier molecular flexibility index (Phi) is 41.0. The quantitative estimate of drug-likeness (QED) is 0.0311. The maximum atomic E-state index is 10.1. The van der Waals surface area contributed by atoms with Gasteiger partial charge in [0.25, 0.3) is 0 Å². The number of unbranched alkanes of at least 4 members (excludes halogenated alkanes) is 20. The maximum Gasteiger partial charge on any atom is 2.00 e. The van der Waals surface area contributed by atoms with Crippen molar-refractivity contribution in [2.45, 2.75) is 155 Å². The molecule has 0 N–H and O–H groups in total. The van der Waals surface area contributed by atoms with Gasteiger partial charge in [0.05, 0.1) is 26.4 Å². The largest absolute Gasteiger partial charge is 2.00 e. The molecule has 0 aliphatic heterocycles. The topological polar surface area (TPSA) is 151 Å². The Labute approximate surface area is 281 Å². The van der Waals surface area contributed by atoms with Gasteiger partial charge in [0.1, 0.15) is 0 Å². The van der Waals surface area contributed by atoms with Crippen LogP contribution >= 0.6 is 0 Å². The molecule has 0 heterocycles. The van der Waals surface area contributed by atoms with E-state index in [0.29, 0.717) is 13.2 Å². The molecule has 256 valence electrons. The van der Waals surface area contributed by atoms with E-state index in [-0.39, 0.29) is 49.5 Å². The Hall–Kier alpha value is 0.426. The van der Waals surface area contributed by atoms with E-state index < -0.39 is 20.8 Å².